The minimum Gasteiger partial charge on any atom is -0.508 e. The number of benzene rings is 1. The summed E-state index contributed by atoms with van der Waals surface area (Å²) < 4.78 is 0. The Bertz CT molecular complexity index is 2160. The van der Waals surface area contributed by atoms with Crippen LogP contribution in [-0.2, 0) is 59.2 Å². The van der Waals surface area contributed by atoms with Crippen molar-refractivity contribution in [1.82, 2.24) is 42.1 Å². The van der Waals surface area contributed by atoms with Crippen LogP contribution in [0.1, 0.15) is 65.4 Å². The zero-order valence-electron chi connectivity index (χ0n) is 40.5. The number of nitrogens with one attached hydrogen (secondary N) is 7. The van der Waals surface area contributed by atoms with Crippen LogP contribution in [0.25, 0.3) is 0 Å². The molecule has 0 radical (unpaired) electrons. The van der Waals surface area contributed by atoms with E-state index in [1.165, 1.54) is 24.3 Å². The Morgan fingerprint density at radius 3 is 2.04 bits per heavy atom. The molecule has 1 heterocycles. The first-order chi connectivity index (χ1) is 33.8. The van der Waals surface area contributed by atoms with E-state index in [9.17, 15) is 68.1 Å². The fourth-order valence-electron chi connectivity index (χ4n) is 7.55. The predicted octanol–water partition coefficient (Wildman–Crippen LogP) is -5.42. The van der Waals surface area contributed by atoms with Crippen molar-refractivity contribution in [1.29, 1.82) is 0 Å². The third kappa shape index (κ3) is 18.7. The van der Waals surface area contributed by atoms with Gasteiger partial charge in [0, 0.05) is 36.8 Å². The Kier molecular flexibility index (Phi) is 23.5. The Morgan fingerprint density at radius 2 is 1.46 bits per heavy atom. The highest BCUT2D eigenvalue weighted by Crippen LogP contribution is 2.46. The summed E-state index contributed by atoms with van der Waals surface area (Å²) in [7, 11) is 1.84. The van der Waals surface area contributed by atoms with Gasteiger partial charge in [-0.15, -0.1) is 0 Å². The third-order valence-electron chi connectivity index (χ3n) is 11.7. The number of hydrogen-bond donors (Lipinski definition) is 14. The van der Waals surface area contributed by atoms with E-state index in [2.05, 4.69) is 37.2 Å². The number of carbonyl (C=O) groups excluding carboxylic acids is 11. The first kappa shape index (κ1) is 60.1. The number of hydrogen-bond acceptors (Lipinski definition) is 17. The van der Waals surface area contributed by atoms with Gasteiger partial charge < -0.3 is 80.4 Å². The molecule has 0 aromatic heterocycles. The van der Waals surface area contributed by atoms with E-state index in [1.54, 1.807) is 27.7 Å². The van der Waals surface area contributed by atoms with E-state index < -0.39 is 164 Å². The van der Waals surface area contributed by atoms with Gasteiger partial charge in [0.05, 0.1) is 38.3 Å². The maximum absolute atomic E-state index is 14.5. The van der Waals surface area contributed by atoms with Gasteiger partial charge in [0.1, 0.15) is 41.5 Å². The molecule has 1 aliphatic heterocycles. The first-order valence-electron chi connectivity index (χ1n) is 23.1. The average Bonchev–Trinajstić information content (AvgIpc) is 4.00. The molecule has 1 aromatic rings. The largest absolute Gasteiger partial charge is 0.508 e. The van der Waals surface area contributed by atoms with Crippen LogP contribution in [0, 0.1) is 17.8 Å². The van der Waals surface area contributed by atoms with Gasteiger partial charge in [-0.1, -0.05) is 67.8 Å². The second-order valence-corrected chi connectivity index (χ2v) is 20.8. The highest BCUT2D eigenvalue weighted by atomic mass is 33.1. The fraction of sp³-hybridized carbons (Fsp3) is 0.614. The smallest absolute Gasteiger partial charge is 0.246 e. The highest BCUT2D eigenvalue weighted by molar-refractivity contribution is 8.76. The van der Waals surface area contributed by atoms with Gasteiger partial charge in [0.25, 0.3) is 0 Å². The number of nitrogens with two attached hydrogens (primary N) is 4. The number of aliphatic hydroxyl groups is 2. The number of aliphatic hydroxyl groups excluding tert-OH is 2. The van der Waals surface area contributed by atoms with Crippen molar-refractivity contribution < 1.29 is 68.1 Å². The molecule has 1 spiro atoms. The van der Waals surface area contributed by atoms with E-state index >= 15 is 0 Å². The summed E-state index contributed by atoms with van der Waals surface area (Å²) >= 11 is 0. The lowest BCUT2D eigenvalue weighted by molar-refractivity contribution is -0.142. The van der Waals surface area contributed by atoms with Crippen molar-refractivity contribution in [2.45, 2.75) is 114 Å². The second-order valence-electron chi connectivity index (χ2n) is 18.3. The van der Waals surface area contributed by atoms with Gasteiger partial charge in [-0.25, -0.2) is 0 Å². The van der Waals surface area contributed by atoms with E-state index in [0.29, 0.717) is 12.0 Å². The fourth-order valence-corrected chi connectivity index (χ4v) is 9.83. The van der Waals surface area contributed by atoms with Crippen molar-refractivity contribution in [2.75, 3.05) is 37.7 Å². The molecule has 72 heavy (non-hydrogen) atoms. The van der Waals surface area contributed by atoms with Gasteiger partial charge in [-0.2, -0.15) is 0 Å². The molecule has 10 atom stereocenters. The molecule has 1 saturated heterocycles. The number of amides is 11. The highest BCUT2D eigenvalue weighted by Gasteiger charge is 2.62. The molecule has 0 bridgehead atoms. The van der Waals surface area contributed by atoms with Crippen LogP contribution in [0.4, 0.5) is 0 Å². The Morgan fingerprint density at radius 1 is 0.833 bits per heavy atom. The summed E-state index contributed by atoms with van der Waals surface area (Å²) in [5, 5.41) is 47.8. The molecule has 2 fully saturated rings. The summed E-state index contributed by atoms with van der Waals surface area (Å²) in [6, 6.07) is -3.02. The summed E-state index contributed by atoms with van der Waals surface area (Å²) in [5.41, 5.74) is 21.0. The number of nitrogens with zero attached hydrogens (tertiary/aromatic N) is 1. The molecule has 1 aromatic carbocycles. The van der Waals surface area contributed by atoms with Crippen LogP contribution in [0.3, 0.4) is 0 Å². The summed E-state index contributed by atoms with van der Waals surface area (Å²) in [6.45, 7) is 3.86. The van der Waals surface area contributed by atoms with Gasteiger partial charge in [0.15, 0.2) is 0 Å². The molecule has 400 valence electrons. The minimum absolute atomic E-state index is 0.0672. The van der Waals surface area contributed by atoms with Crippen LogP contribution in [0.5, 0.6) is 5.75 Å². The number of phenolic OH excluding ortho intramolecular Hbond substituents is 1. The molecule has 1 aliphatic carbocycles. The van der Waals surface area contributed by atoms with Crippen LogP contribution in [0.15, 0.2) is 24.3 Å². The lowest BCUT2D eigenvalue weighted by Crippen LogP contribution is -2.63. The van der Waals surface area contributed by atoms with E-state index in [0.717, 1.165) is 26.5 Å². The average molecular weight is 1050 g/mol. The lowest BCUT2D eigenvalue weighted by atomic mass is 9.96. The quantitative estimate of drug-likeness (QED) is 0.0542. The Labute approximate surface area is 423 Å². The van der Waals surface area contributed by atoms with E-state index in [1.807, 2.05) is 0 Å². The molecule has 18 N–H and O–H groups in total. The first-order valence-corrected chi connectivity index (χ1v) is 25.6. The van der Waals surface area contributed by atoms with E-state index in [-0.39, 0.29) is 42.4 Å². The molecule has 2 unspecified atom stereocenters. The van der Waals surface area contributed by atoms with Crippen LogP contribution in [-0.4, -0.2) is 171 Å². The zero-order valence-corrected chi connectivity index (χ0v) is 42.1. The maximum Gasteiger partial charge on any atom is 0.246 e. The molecule has 1 saturated carbocycles. The number of phenols is 1. The van der Waals surface area contributed by atoms with E-state index in [4.69, 9.17) is 22.9 Å². The number of rotatable bonds is 20. The van der Waals surface area contributed by atoms with Crippen molar-refractivity contribution in [3.63, 3.8) is 0 Å². The summed E-state index contributed by atoms with van der Waals surface area (Å²) in [6.07, 6.45) is -2.89. The van der Waals surface area contributed by atoms with Crippen LogP contribution >= 0.6 is 21.6 Å². The molecule has 3 rings (SSSR count). The third-order valence-corrected chi connectivity index (χ3v) is 14.2. The monoisotopic (exact) mass is 1050 g/mol. The van der Waals surface area contributed by atoms with Gasteiger partial charge in [0.2, 0.25) is 65.0 Å². The van der Waals surface area contributed by atoms with Crippen molar-refractivity contribution in [3.05, 3.63) is 29.8 Å². The van der Waals surface area contributed by atoms with Gasteiger partial charge >= 0.3 is 0 Å². The molecule has 11 amide bonds. The van der Waals surface area contributed by atoms with Crippen molar-refractivity contribution >= 4 is 86.6 Å². The predicted molar refractivity (Wildman–Crippen MR) is 262 cm³/mol. The molecule has 28 heteroatoms. The summed E-state index contributed by atoms with van der Waals surface area (Å²) in [4.78, 5) is 149. The van der Waals surface area contributed by atoms with Crippen LogP contribution < -0.4 is 60.2 Å². The Balaban J connectivity index is 2.12. The minimum atomic E-state index is -1.94. The molecular weight excluding hydrogens is 985 g/mol. The zero-order chi connectivity index (χ0) is 54.0. The van der Waals surface area contributed by atoms with Gasteiger partial charge in [-0.05, 0) is 42.4 Å². The number of primary amides is 3. The lowest BCUT2D eigenvalue weighted by Gasteiger charge is -2.31. The number of carbonyl (C=O) groups is 11. The summed E-state index contributed by atoms with van der Waals surface area (Å²) in [5.74, 6) is -12.7. The van der Waals surface area contributed by atoms with Crippen molar-refractivity contribution in [2.24, 2.45) is 40.7 Å². The van der Waals surface area contributed by atoms with Crippen LogP contribution in [0.2, 0.25) is 0 Å². The SMILES string of the molecule is CC[C@H](C)[C@@H]1NC(=O)[C@H](Cc2ccc(O)cc2)NC(=O)[C@@H](N)CSSC[C@@H](C(=O)N(CC(=O)N[C@@H](CC(C)C)C(=O)NCC(N)=O)C[C@H](O)CO)NC(=O)[C@H](CC(N)=O)NC(=O)C2(CC2CC(N)=O)NC1=O. The normalized spacial score (nSPS) is 24.7. The molecular formula is C44H68N12O14S2. The Hall–Kier alpha value is -6.23. The molecule has 2 aliphatic rings. The maximum atomic E-state index is 14.5. The van der Waals surface area contributed by atoms with Crippen molar-refractivity contribution in [3.8, 4) is 5.75 Å². The molecule has 26 nitrogen and oxygen atoms in total. The standard InChI is InChI=1S/C44H68N12O14S2/c1-5-22(4)36-41(68)55-44(14-24(44)12-32(46)60)43(70)53-30(13-33(47)61)39(66)52-31(20-72-71-19-27(45)37(64)51-29(40(67)54-36)11-23-6-8-25(58)9-7-23)42(69)56(16-26(59)18-57)17-35(63)50-28(10-21(2)3)38(65)49-15-34(48)62/h6-9,21-22,24,26-31,36,57-59H,5,10-20,45H2,1-4H3,(H2,46,60)(H2,47,61)(H2,48,62)(H,49,65)(H,50,63)(H,51,64)(H,52,66)(H,53,70)(H,54,67)(H,55,68)/t22-,24?,26-,27-,28-,29-,30-,31-,36-,44?/m0/s1. The van der Waals surface area contributed by atoms with Gasteiger partial charge in [-0.3, -0.25) is 52.7 Å². The second kappa shape index (κ2) is 28.1. The topological polar surface area (TPSA) is 440 Å². The number of aromatic hydroxyl groups is 1.